The molecule has 0 aliphatic rings. The Labute approximate surface area is 262 Å². The van der Waals surface area contributed by atoms with E-state index in [0.717, 1.165) is 51.4 Å². The van der Waals surface area contributed by atoms with Gasteiger partial charge in [0.1, 0.15) is 19.3 Å². The summed E-state index contributed by atoms with van der Waals surface area (Å²) < 4.78 is 10.1. The minimum Gasteiger partial charge on any atom is -0.463 e. The summed E-state index contributed by atoms with van der Waals surface area (Å²) in [4.78, 5) is 23.8. The second-order valence-electron chi connectivity index (χ2n) is 11.3. The lowest BCUT2D eigenvalue weighted by molar-refractivity contribution is -0.152. The summed E-state index contributed by atoms with van der Waals surface area (Å²) in [7, 11) is 0. The van der Waals surface area contributed by atoms with Crippen LogP contribution in [0.15, 0.2) is 48.6 Å². The molecule has 0 heterocycles. The van der Waals surface area contributed by atoms with Crippen LogP contribution in [0.4, 0.5) is 0 Å². The zero-order valence-corrected chi connectivity index (χ0v) is 27.2. The quantitative estimate of drug-likeness (QED) is 0.0452. The molecule has 0 aromatic rings. The SMILES string of the molecule is CCCCCCCCCCCCC(=O)OC[C@@H](O)COC(=O)CCC[C@@H](O)/C=C/C=C\C/C=C\C=C\[C@@H](O)CCCCC. The lowest BCUT2D eigenvalue weighted by atomic mass is 10.1. The molecule has 0 saturated heterocycles. The summed E-state index contributed by atoms with van der Waals surface area (Å²) in [5, 5.41) is 29.8. The molecule has 0 aliphatic heterocycles. The third-order valence-corrected chi connectivity index (χ3v) is 7.03. The van der Waals surface area contributed by atoms with Gasteiger partial charge in [-0.15, -0.1) is 0 Å². The summed E-state index contributed by atoms with van der Waals surface area (Å²) in [5.41, 5.74) is 0. The van der Waals surface area contributed by atoms with Crippen molar-refractivity contribution in [1.82, 2.24) is 0 Å². The van der Waals surface area contributed by atoms with Gasteiger partial charge in [-0.1, -0.05) is 140 Å². The van der Waals surface area contributed by atoms with Gasteiger partial charge in [-0.05, 0) is 32.1 Å². The summed E-state index contributed by atoms with van der Waals surface area (Å²) in [6.07, 6.45) is 30.9. The molecule has 0 unspecified atom stereocenters. The topological polar surface area (TPSA) is 113 Å². The van der Waals surface area contributed by atoms with E-state index in [4.69, 9.17) is 9.47 Å². The van der Waals surface area contributed by atoms with Crippen LogP contribution >= 0.6 is 0 Å². The molecule has 0 fully saturated rings. The maximum absolute atomic E-state index is 11.9. The molecule has 0 rings (SSSR count). The van der Waals surface area contributed by atoms with Crippen LogP contribution in [-0.2, 0) is 19.1 Å². The highest BCUT2D eigenvalue weighted by molar-refractivity contribution is 5.69. The largest absolute Gasteiger partial charge is 0.463 e. The van der Waals surface area contributed by atoms with Gasteiger partial charge in [0.15, 0.2) is 0 Å². The van der Waals surface area contributed by atoms with Crippen molar-refractivity contribution in [2.45, 2.75) is 154 Å². The first-order chi connectivity index (χ1) is 20.9. The maximum Gasteiger partial charge on any atom is 0.305 e. The lowest BCUT2D eigenvalue weighted by Gasteiger charge is -2.12. The zero-order valence-electron chi connectivity index (χ0n) is 27.2. The van der Waals surface area contributed by atoms with Gasteiger partial charge >= 0.3 is 11.9 Å². The van der Waals surface area contributed by atoms with E-state index in [2.05, 4.69) is 13.8 Å². The van der Waals surface area contributed by atoms with Crippen molar-refractivity contribution in [3.8, 4) is 0 Å². The van der Waals surface area contributed by atoms with E-state index in [9.17, 15) is 24.9 Å². The fraction of sp³-hybridized carbons (Fsp3) is 0.722. The van der Waals surface area contributed by atoms with Crippen molar-refractivity contribution < 1.29 is 34.4 Å². The highest BCUT2D eigenvalue weighted by Crippen LogP contribution is 2.12. The Hall–Kier alpha value is -2.22. The van der Waals surface area contributed by atoms with Crippen LogP contribution in [0.3, 0.4) is 0 Å². The molecule has 7 nitrogen and oxygen atoms in total. The van der Waals surface area contributed by atoms with E-state index in [0.29, 0.717) is 19.3 Å². The number of hydrogen-bond donors (Lipinski definition) is 3. The molecule has 7 heteroatoms. The number of carbonyl (C=O) groups is 2. The summed E-state index contributed by atoms with van der Waals surface area (Å²) in [6, 6.07) is 0. The summed E-state index contributed by atoms with van der Waals surface area (Å²) in [5.74, 6) is -0.791. The van der Waals surface area contributed by atoms with E-state index < -0.39 is 18.2 Å². The van der Waals surface area contributed by atoms with Crippen LogP contribution < -0.4 is 0 Å². The van der Waals surface area contributed by atoms with E-state index in [1.54, 1.807) is 12.2 Å². The average molecular weight is 607 g/mol. The van der Waals surface area contributed by atoms with Crippen molar-refractivity contribution >= 4 is 11.9 Å². The van der Waals surface area contributed by atoms with Gasteiger partial charge in [0.25, 0.3) is 0 Å². The number of aliphatic hydroxyl groups excluding tert-OH is 3. The van der Waals surface area contributed by atoms with Crippen LogP contribution in [0.2, 0.25) is 0 Å². The second kappa shape index (κ2) is 31.2. The van der Waals surface area contributed by atoms with Crippen LogP contribution in [0, 0.1) is 0 Å². The van der Waals surface area contributed by atoms with Crippen molar-refractivity contribution in [1.29, 1.82) is 0 Å². The number of hydrogen-bond acceptors (Lipinski definition) is 7. The number of esters is 2. The molecule has 0 spiro atoms. The van der Waals surface area contributed by atoms with Gasteiger partial charge in [0.05, 0.1) is 12.2 Å². The number of rotatable bonds is 29. The average Bonchev–Trinajstić information content (AvgIpc) is 2.99. The molecule has 0 aromatic heterocycles. The van der Waals surface area contributed by atoms with Gasteiger partial charge in [0.2, 0.25) is 0 Å². The number of ether oxygens (including phenoxy) is 2. The molecule has 0 aliphatic carbocycles. The summed E-state index contributed by atoms with van der Waals surface area (Å²) >= 11 is 0. The van der Waals surface area contributed by atoms with E-state index in [1.165, 1.54) is 44.9 Å². The monoisotopic (exact) mass is 606 g/mol. The van der Waals surface area contributed by atoms with E-state index in [1.807, 2.05) is 36.5 Å². The Balaban J connectivity index is 3.76. The third-order valence-electron chi connectivity index (χ3n) is 7.03. The Kier molecular flexibility index (Phi) is 29.6. The summed E-state index contributed by atoms with van der Waals surface area (Å²) in [6.45, 7) is 3.96. The number of allylic oxidation sites excluding steroid dienone is 6. The zero-order chi connectivity index (χ0) is 31.8. The van der Waals surface area contributed by atoms with Crippen LogP contribution in [0.25, 0.3) is 0 Å². The Morgan fingerprint density at radius 3 is 1.49 bits per heavy atom. The fourth-order valence-electron chi connectivity index (χ4n) is 4.36. The molecule has 0 bridgehead atoms. The van der Waals surface area contributed by atoms with Gasteiger partial charge in [-0.3, -0.25) is 9.59 Å². The molecule has 248 valence electrons. The Morgan fingerprint density at radius 2 is 0.977 bits per heavy atom. The van der Waals surface area contributed by atoms with E-state index >= 15 is 0 Å². The second-order valence-corrected chi connectivity index (χ2v) is 11.3. The smallest absolute Gasteiger partial charge is 0.305 e. The molecule has 0 aromatic carbocycles. The van der Waals surface area contributed by atoms with Crippen LogP contribution in [0.1, 0.15) is 136 Å². The van der Waals surface area contributed by atoms with Gasteiger partial charge in [-0.25, -0.2) is 0 Å². The number of aliphatic hydroxyl groups is 3. The molecule has 43 heavy (non-hydrogen) atoms. The first-order valence-electron chi connectivity index (χ1n) is 16.9. The van der Waals surface area contributed by atoms with Crippen molar-refractivity contribution in [3.63, 3.8) is 0 Å². The first kappa shape index (κ1) is 40.8. The molecule has 0 amide bonds. The Bertz CT molecular complexity index is 772. The highest BCUT2D eigenvalue weighted by atomic mass is 16.6. The maximum atomic E-state index is 11.9. The predicted octanol–water partition coefficient (Wildman–Crippen LogP) is 7.83. The molecule has 0 radical (unpaired) electrons. The van der Waals surface area contributed by atoms with E-state index in [-0.39, 0.29) is 31.7 Å². The third kappa shape index (κ3) is 31.0. The van der Waals surface area contributed by atoms with Gasteiger partial charge < -0.3 is 24.8 Å². The normalized spacial score (nSPS) is 14.3. The number of unbranched alkanes of at least 4 members (excludes halogenated alkanes) is 11. The minimum absolute atomic E-state index is 0.137. The predicted molar refractivity (Wildman–Crippen MR) is 176 cm³/mol. The Morgan fingerprint density at radius 1 is 0.558 bits per heavy atom. The highest BCUT2D eigenvalue weighted by Gasteiger charge is 2.12. The van der Waals surface area contributed by atoms with Crippen molar-refractivity contribution in [2.75, 3.05) is 13.2 Å². The van der Waals surface area contributed by atoms with Crippen molar-refractivity contribution in [2.24, 2.45) is 0 Å². The number of carbonyl (C=O) groups excluding carboxylic acids is 2. The molecular formula is C36H62O7. The fourth-order valence-corrected chi connectivity index (χ4v) is 4.36. The van der Waals surface area contributed by atoms with Crippen LogP contribution in [0.5, 0.6) is 0 Å². The molecule has 3 N–H and O–H groups in total. The first-order valence-corrected chi connectivity index (χ1v) is 16.9. The van der Waals surface area contributed by atoms with Gasteiger partial charge in [0, 0.05) is 12.8 Å². The minimum atomic E-state index is -1.05. The molecular weight excluding hydrogens is 544 g/mol. The van der Waals surface area contributed by atoms with Crippen molar-refractivity contribution in [3.05, 3.63) is 48.6 Å². The standard InChI is InChI=1S/C36H62O7/c1-3-5-7-8-9-10-11-15-18-22-28-35(40)42-30-34(39)31-43-36(41)29-23-27-33(38)26-21-17-14-12-13-16-20-25-32(37)24-19-6-4-2/h13-14,16-17,20-21,25-26,32-34,37-39H,3-12,15,18-19,22-24,27-31H2,1-2H3/b16-13-,17-14-,25-20+,26-21+/t32-,33-,34+/m0/s1. The lowest BCUT2D eigenvalue weighted by Crippen LogP contribution is -2.25. The molecule has 3 atom stereocenters. The van der Waals surface area contributed by atoms with Gasteiger partial charge in [-0.2, -0.15) is 0 Å². The molecule has 0 saturated carbocycles. The van der Waals surface area contributed by atoms with Crippen LogP contribution in [-0.4, -0.2) is 58.8 Å².